The van der Waals surface area contributed by atoms with Crippen LogP contribution in [0.4, 0.5) is 0 Å². The molecule has 0 aromatic heterocycles. The number of unbranched alkanes of at least 4 members (excludes halogenated alkanes) is 1. The van der Waals surface area contributed by atoms with Crippen LogP contribution in [0.5, 0.6) is 0 Å². The molecule has 0 spiro atoms. The second-order valence-electron chi connectivity index (χ2n) is 10.3. The monoisotopic (exact) mass is 466 g/mol. The van der Waals surface area contributed by atoms with Crippen LogP contribution in [0.1, 0.15) is 55.7 Å². The maximum atomic E-state index is 2.46. The van der Waals surface area contributed by atoms with Gasteiger partial charge in [0, 0.05) is 5.41 Å². The first kappa shape index (κ1) is 22.8. The van der Waals surface area contributed by atoms with Gasteiger partial charge < -0.3 is 0 Å². The van der Waals surface area contributed by atoms with Crippen molar-refractivity contribution in [2.24, 2.45) is 0 Å². The zero-order valence-electron chi connectivity index (χ0n) is 21.2. The summed E-state index contributed by atoms with van der Waals surface area (Å²) in [5.41, 5.74) is 7.56. The largest absolute Gasteiger partial charge is 0.0654 e. The maximum absolute atomic E-state index is 2.46. The van der Waals surface area contributed by atoms with Gasteiger partial charge in [0.2, 0.25) is 0 Å². The van der Waals surface area contributed by atoms with Gasteiger partial charge in [-0.15, -0.1) is 0 Å². The van der Waals surface area contributed by atoms with Crippen LogP contribution in [0.25, 0.3) is 21.5 Å². The van der Waals surface area contributed by atoms with E-state index in [1.54, 1.807) is 11.1 Å². The average molecular weight is 467 g/mol. The highest BCUT2D eigenvalue weighted by Gasteiger charge is 2.38. The second-order valence-corrected chi connectivity index (χ2v) is 10.3. The fraction of sp³-hybridized carbons (Fsp3) is 0.222. The Labute approximate surface area is 215 Å². The van der Waals surface area contributed by atoms with Gasteiger partial charge in [0.25, 0.3) is 0 Å². The minimum atomic E-state index is 0.171. The summed E-state index contributed by atoms with van der Waals surface area (Å²) >= 11 is 0. The summed E-state index contributed by atoms with van der Waals surface area (Å²) in [6.07, 6.45) is 20.2. The van der Waals surface area contributed by atoms with E-state index in [2.05, 4.69) is 122 Å². The molecule has 0 saturated heterocycles. The van der Waals surface area contributed by atoms with Crippen LogP contribution in [0, 0.1) is 0 Å². The van der Waals surface area contributed by atoms with Crippen molar-refractivity contribution in [3.63, 3.8) is 0 Å². The van der Waals surface area contributed by atoms with E-state index in [1.807, 2.05) is 0 Å². The Balaban J connectivity index is 0.000000253. The molecular formula is C36H34. The molecule has 0 amide bonds. The van der Waals surface area contributed by atoms with Crippen molar-refractivity contribution in [1.82, 2.24) is 0 Å². The third-order valence-electron chi connectivity index (χ3n) is 8.30. The number of benzene rings is 4. The Morgan fingerprint density at radius 1 is 0.694 bits per heavy atom. The number of rotatable bonds is 4. The molecule has 3 aliphatic carbocycles. The molecule has 3 aliphatic rings. The normalized spacial score (nSPS) is 19.5. The molecule has 7 rings (SSSR count). The van der Waals surface area contributed by atoms with Crippen molar-refractivity contribution < 1.29 is 0 Å². The van der Waals surface area contributed by atoms with Crippen molar-refractivity contribution in [1.29, 1.82) is 0 Å². The summed E-state index contributed by atoms with van der Waals surface area (Å²) in [7, 11) is 0. The highest BCUT2D eigenvalue weighted by Crippen LogP contribution is 2.48. The summed E-state index contributed by atoms with van der Waals surface area (Å²) in [5, 5.41) is 5.60. The van der Waals surface area contributed by atoms with E-state index in [0.717, 1.165) is 0 Å². The van der Waals surface area contributed by atoms with Crippen LogP contribution < -0.4 is 0 Å². The molecule has 0 fully saturated rings. The Morgan fingerprint density at radius 3 is 2.19 bits per heavy atom. The van der Waals surface area contributed by atoms with Crippen LogP contribution in [-0.4, -0.2) is 0 Å². The van der Waals surface area contributed by atoms with Gasteiger partial charge in [-0.25, -0.2) is 0 Å². The maximum Gasteiger partial charge on any atom is 0.0206 e. The third-order valence-corrected chi connectivity index (χ3v) is 8.30. The number of fused-ring (bicyclic) bond motifs is 6. The summed E-state index contributed by atoms with van der Waals surface area (Å²) in [5.74, 6) is 0. The van der Waals surface area contributed by atoms with Gasteiger partial charge in [0.05, 0.1) is 0 Å². The Kier molecular flexibility index (Phi) is 6.20. The lowest BCUT2D eigenvalue weighted by Gasteiger charge is -2.41. The van der Waals surface area contributed by atoms with Crippen LogP contribution in [0.15, 0.2) is 126 Å². The van der Waals surface area contributed by atoms with E-state index in [4.69, 9.17) is 0 Å². The van der Waals surface area contributed by atoms with Crippen molar-refractivity contribution in [3.05, 3.63) is 143 Å². The van der Waals surface area contributed by atoms with Crippen molar-refractivity contribution in [2.75, 3.05) is 0 Å². The summed E-state index contributed by atoms with van der Waals surface area (Å²) in [6, 6.07) is 29.6. The molecule has 0 bridgehead atoms. The van der Waals surface area contributed by atoms with E-state index < -0.39 is 0 Å². The zero-order valence-corrected chi connectivity index (χ0v) is 21.2. The molecule has 0 radical (unpaired) electrons. The predicted molar refractivity (Wildman–Crippen MR) is 156 cm³/mol. The van der Waals surface area contributed by atoms with E-state index in [1.165, 1.54) is 76.8 Å². The van der Waals surface area contributed by atoms with Crippen LogP contribution in [0.2, 0.25) is 0 Å². The molecule has 1 unspecified atom stereocenters. The summed E-state index contributed by atoms with van der Waals surface area (Å²) < 4.78 is 0. The molecule has 0 nitrogen and oxygen atoms in total. The molecule has 0 heteroatoms. The van der Waals surface area contributed by atoms with Crippen molar-refractivity contribution in [3.8, 4) is 0 Å². The van der Waals surface area contributed by atoms with Crippen LogP contribution >= 0.6 is 0 Å². The molecule has 4 aromatic carbocycles. The van der Waals surface area contributed by atoms with Crippen molar-refractivity contribution >= 4 is 21.5 Å². The smallest absolute Gasteiger partial charge is 0.0206 e. The average Bonchev–Trinajstić information content (AvgIpc) is 3.58. The van der Waals surface area contributed by atoms with E-state index in [9.17, 15) is 0 Å². The Bertz CT molecular complexity index is 1500. The molecule has 0 heterocycles. The molecule has 36 heavy (non-hydrogen) atoms. The van der Waals surface area contributed by atoms with Gasteiger partial charge >= 0.3 is 0 Å². The van der Waals surface area contributed by atoms with Gasteiger partial charge in [-0.3, -0.25) is 0 Å². The van der Waals surface area contributed by atoms with E-state index in [0.29, 0.717) is 0 Å². The molecule has 0 saturated carbocycles. The lowest BCUT2D eigenvalue weighted by atomic mass is 9.63. The molecule has 0 aliphatic heterocycles. The standard InChI is InChI=1S/C28H28.C8H6/c1-2-3-19-28(22-11-5-4-6-12-22)20-9-14-26-25-16-15-21-10-7-8-13-23(21)24(25)17-18-27(26)28;1-3-7-5-2-6-8(7)4-1/h4-8,10-13,15-18H,2-3,9,14,19-20H2,1H3;1-6H. The Hall–Kier alpha value is -3.64. The minimum absolute atomic E-state index is 0.171. The van der Waals surface area contributed by atoms with Gasteiger partial charge in [0.1, 0.15) is 0 Å². The molecule has 178 valence electrons. The highest BCUT2D eigenvalue weighted by molar-refractivity contribution is 6.08. The SMILES string of the molecule is C1=CC2=CC=CC2=C1.CCCCC1(c2ccccc2)CCCc2c1ccc1c2ccc2ccccc21. The lowest BCUT2D eigenvalue weighted by molar-refractivity contribution is 0.387. The number of allylic oxidation sites excluding steroid dienone is 8. The fourth-order valence-corrected chi connectivity index (χ4v) is 6.52. The first-order chi connectivity index (χ1) is 17.8. The number of aryl methyl sites for hydroxylation is 1. The molecule has 4 aromatic rings. The summed E-state index contributed by atoms with van der Waals surface area (Å²) in [6.45, 7) is 2.31. The first-order valence-electron chi connectivity index (χ1n) is 13.6. The highest BCUT2D eigenvalue weighted by atomic mass is 14.4. The fourth-order valence-electron chi connectivity index (χ4n) is 6.52. The molecular weight excluding hydrogens is 432 g/mol. The van der Waals surface area contributed by atoms with Gasteiger partial charge in [-0.1, -0.05) is 135 Å². The van der Waals surface area contributed by atoms with Crippen molar-refractivity contribution in [2.45, 2.75) is 50.9 Å². The van der Waals surface area contributed by atoms with Crippen LogP contribution in [-0.2, 0) is 11.8 Å². The minimum Gasteiger partial charge on any atom is -0.0654 e. The third kappa shape index (κ3) is 3.95. The molecule has 0 N–H and O–H groups in total. The second kappa shape index (κ2) is 9.78. The zero-order chi connectivity index (χ0) is 24.4. The Morgan fingerprint density at radius 2 is 1.42 bits per heavy atom. The first-order valence-corrected chi connectivity index (χ1v) is 13.6. The number of hydrogen-bond acceptors (Lipinski definition) is 0. The van der Waals surface area contributed by atoms with E-state index >= 15 is 0 Å². The molecule has 1 atom stereocenters. The van der Waals surface area contributed by atoms with Gasteiger partial charge in [-0.2, -0.15) is 0 Å². The number of hydrogen-bond donors (Lipinski definition) is 0. The summed E-state index contributed by atoms with van der Waals surface area (Å²) in [4.78, 5) is 0. The van der Waals surface area contributed by atoms with E-state index in [-0.39, 0.29) is 5.41 Å². The van der Waals surface area contributed by atoms with Crippen LogP contribution in [0.3, 0.4) is 0 Å². The lowest BCUT2D eigenvalue weighted by Crippen LogP contribution is -2.32. The van der Waals surface area contributed by atoms with Gasteiger partial charge in [0.15, 0.2) is 0 Å². The topological polar surface area (TPSA) is 0 Å². The predicted octanol–water partition coefficient (Wildman–Crippen LogP) is 9.78. The van der Waals surface area contributed by atoms with Gasteiger partial charge in [-0.05, 0) is 75.1 Å². The quantitative estimate of drug-likeness (QED) is 0.263.